The van der Waals surface area contributed by atoms with Gasteiger partial charge in [0.1, 0.15) is 0 Å². The minimum Gasteiger partial charge on any atom is -0.385 e. The standard InChI is InChI=1S/C14H22O3/c1-15-5-4-12-13-10-8-9(10)2-3-11(13)14(12)16-6-7-17-14/h9-13H,2-8H2,1H3/t9-,10+,11+,12?,13+/m1/s1. The summed E-state index contributed by atoms with van der Waals surface area (Å²) in [5.41, 5.74) is 0. The van der Waals surface area contributed by atoms with Gasteiger partial charge in [-0.2, -0.15) is 0 Å². The molecule has 1 saturated heterocycles. The molecule has 0 aromatic heterocycles. The van der Waals surface area contributed by atoms with Crippen LogP contribution in [0.25, 0.3) is 0 Å². The number of hydrogen-bond donors (Lipinski definition) is 0. The fourth-order valence-corrected chi connectivity index (χ4v) is 4.94. The van der Waals surface area contributed by atoms with Crippen LogP contribution in [0.1, 0.15) is 25.7 Å². The number of ether oxygens (including phenoxy) is 3. The normalized spacial score (nSPS) is 49.6. The molecule has 0 aromatic rings. The first-order chi connectivity index (χ1) is 8.37. The predicted octanol–water partition coefficient (Wildman–Crippen LogP) is 2.06. The van der Waals surface area contributed by atoms with Crippen LogP contribution in [-0.4, -0.2) is 32.7 Å². The Morgan fingerprint density at radius 3 is 2.82 bits per heavy atom. The Labute approximate surface area is 103 Å². The summed E-state index contributed by atoms with van der Waals surface area (Å²) in [6.45, 7) is 2.43. The number of rotatable bonds is 3. The van der Waals surface area contributed by atoms with E-state index in [1.165, 1.54) is 19.3 Å². The van der Waals surface area contributed by atoms with Gasteiger partial charge in [-0.3, -0.25) is 0 Å². The monoisotopic (exact) mass is 238 g/mol. The molecule has 0 aromatic carbocycles. The molecule has 4 aliphatic rings. The van der Waals surface area contributed by atoms with Gasteiger partial charge in [-0.15, -0.1) is 0 Å². The van der Waals surface area contributed by atoms with Gasteiger partial charge in [0, 0.05) is 25.6 Å². The van der Waals surface area contributed by atoms with E-state index >= 15 is 0 Å². The molecule has 3 nitrogen and oxygen atoms in total. The van der Waals surface area contributed by atoms with Gasteiger partial charge in [0.25, 0.3) is 0 Å². The lowest BCUT2D eigenvalue weighted by Crippen LogP contribution is -2.65. The van der Waals surface area contributed by atoms with Gasteiger partial charge in [-0.1, -0.05) is 0 Å². The quantitative estimate of drug-likeness (QED) is 0.753. The smallest absolute Gasteiger partial charge is 0.174 e. The van der Waals surface area contributed by atoms with Crippen molar-refractivity contribution in [2.45, 2.75) is 31.5 Å². The molecule has 1 spiro atoms. The average molecular weight is 238 g/mol. The van der Waals surface area contributed by atoms with Crippen LogP contribution >= 0.6 is 0 Å². The summed E-state index contributed by atoms with van der Waals surface area (Å²) in [5, 5.41) is 0. The highest BCUT2D eigenvalue weighted by atomic mass is 16.7. The molecule has 3 saturated carbocycles. The molecule has 4 fully saturated rings. The Morgan fingerprint density at radius 1 is 1.24 bits per heavy atom. The second-order valence-corrected chi connectivity index (χ2v) is 6.23. The average Bonchev–Trinajstić information content (AvgIpc) is 2.92. The summed E-state index contributed by atoms with van der Waals surface area (Å²) in [6.07, 6.45) is 5.33. The van der Waals surface area contributed by atoms with E-state index in [1.807, 2.05) is 0 Å². The zero-order valence-corrected chi connectivity index (χ0v) is 10.6. The van der Waals surface area contributed by atoms with E-state index in [9.17, 15) is 0 Å². The van der Waals surface area contributed by atoms with Crippen LogP contribution in [-0.2, 0) is 14.2 Å². The van der Waals surface area contributed by atoms with Crippen molar-refractivity contribution in [2.24, 2.45) is 29.6 Å². The topological polar surface area (TPSA) is 27.7 Å². The summed E-state index contributed by atoms with van der Waals surface area (Å²) < 4.78 is 17.4. The molecule has 4 rings (SSSR count). The maximum atomic E-state index is 6.04. The summed E-state index contributed by atoms with van der Waals surface area (Å²) >= 11 is 0. The van der Waals surface area contributed by atoms with E-state index in [0.717, 1.165) is 44.0 Å². The minimum absolute atomic E-state index is 0.198. The van der Waals surface area contributed by atoms with Crippen molar-refractivity contribution in [2.75, 3.05) is 26.9 Å². The second kappa shape index (κ2) is 3.69. The molecule has 0 amide bonds. The summed E-state index contributed by atoms with van der Waals surface area (Å²) in [4.78, 5) is 0. The van der Waals surface area contributed by atoms with Crippen molar-refractivity contribution in [1.82, 2.24) is 0 Å². The minimum atomic E-state index is -0.198. The first-order valence-corrected chi connectivity index (χ1v) is 7.13. The van der Waals surface area contributed by atoms with Crippen LogP contribution in [0.4, 0.5) is 0 Å². The van der Waals surface area contributed by atoms with E-state index in [1.54, 1.807) is 7.11 Å². The second-order valence-electron chi connectivity index (χ2n) is 6.23. The van der Waals surface area contributed by atoms with Crippen molar-refractivity contribution in [1.29, 1.82) is 0 Å². The van der Waals surface area contributed by atoms with Gasteiger partial charge in [0.2, 0.25) is 0 Å². The van der Waals surface area contributed by atoms with E-state index in [-0.39, 0.29) is 5.79 Å². The molecular formula is C14H22O3. The molecule has 1 unspecified atom stereocenters. The third-order valence-electron chi connectivity index (χ3n) is 5.65. The van der Waals surface area contributed by atoms with Crippen molar-refractivity contribution in [3.05, 3.63) is 0 Å². The third-order valence-corrected chi connectivity index (χ3v) is 5.65. The molecule has 0 radical (unpaired) electrons. The highest BCUT2D eigenvalue weighted by molar-refractivity contribution is 5.15. The third kappa shape index (κ3) is 1.33. The number of methoxy groups -OCH3 is 1. The molecule has 1 heterocycles. The molecule has 17 heavy (non-hydrogen) atoms. The van der Waals surface area contributed by atoms with Crippen molar-refractivity contribution in [3.63, 3.8) is 0 Å². The highest BCUT2D eigenvalue weighted by Crippen LogP contribution is 2.69. The lowest BCUT2D eigenvalue weighted by molar-refractivity contribution is -0.333. The van der Waals surface area contributed by atoms with Crippen molar-refractivity contribution >= 4 is 0 Å². The Balaban J connectivity index is 1.56. The largest absolute Gasteiger partial charge is 0.385 e. The maximum Gasteiger partial charge on any atom is 0.174 e. The Kier molecular flexibility index (Phi) is 2.34. The lowest BCUT2D eigenvalue weighted by atomic mass is 9.53. The van der Waals surface area contributed by atoms with Gasteiger partial charge in [0.15, 0.2) is 5.79 Å². The molecule has 0 N–H and O–H groups in total. The fourth-order valence-electron chi connectivity index (χ4n) is 4.94. The molecule has 0 bridgehead atoms. The van der Waals surface area contributed by atoms with Crippen LogP contribution in [0.3, 0.4) is 0 Å². The summed E-state index contributed by atoms with van der Waals surface area (Å²) in [5.74, 6) is 4.01. The number of fused-ring (bicyclic) bond motifs is 4. The van der Waals surface area contributed by atoms with Crippen molar-refractivity contribution < 1.29 is 14.2 Å². The van der Waals surface area contributed by atoms with E-state index in [4.69, 9.17) is 14.2 Å². The van der Waals surface area contributed by atoms with Crippen LogP contribution in [0, 0.1) is 29.6 Å². The number of hydrogen-bond acceptors (Lipinski definition) is 3. The zero-order valence-electron chi connectivity index (χ0n) is 10.6. The van der Waals surface area contributed by atoms with Gasteiger partial charge >= 0.3 is 0 Å². The SMILES string of the molecule is COCCC1[C@H]2[C@H]3C[C@H]3CC[C@@H]2C12OCCO2. The highest BCUT2D eigenvalue weighted by Gasteiger charge is 2.71. The van der Waals surface area contributed by atoms with Crippen LogP contribution < -0.4 is 0 Å². The summed E-state index contributed by atoms with van der Waals surface area (Å²) in [6, 6.07) is 0. The first-order valence-electron chi connectivity index (χ1n) is 7.13. The Morgan fingerprint density at radius 2 is 2.06 bits per heavy atom. The van der Waals surface area contributed by atoms with Gasteiger partial charge in [-0.25, -0.2) is 0 Å². The molecule has 1 aliphatic heterocycles. The molecular weight excluding hydrogens is 216 g/mol. The predicted molar refractivity (Wildman–Crippen MR) is 62.4 cm³/mol. The zero-order chi connectivity index (χ0) is 11.5. The van der Waals surface area contributed by atoms with Gasteiger partial charge in [0.05, 0.1) is 13.2 Å². The lowest BCUT2D eigenvalue weighted by Gasteiger charge is -2.60. The van der Waals surface area contributed by atoms with Crippen LogP contribution in [0.5, 0.6) is 0 Å². The van der Waals surface area contributed by atoms with E-state index in [2.05, 4.69) is 0 Å². The van der Waals surface area contributed by atoms with Gasteiger partial charge < -0.3 is 14.2 Å². The summed E-state index contributed by atoms with van der Waals surface area (Å²) in [7, 11) is 1.79. The molecule has 5 atom stereocenters. The van der Waals surface area contributed by atoms with Crippen LogP contribution in [0.2, 0.25) is 0 Å². The molecule has 3 aliphatic carbocycles. The van der Waals surface area contributed by atoms with E-state index in [0.29, 0.717) is 11.8 Å². The fraction of sp³-hybridized carbons (Fsp3) is 1.00. The Bertz CT molecular complexity index is 311. The maximum absolute atomic E-state index is 6.04. The molecule has 96 valence electrons. The van der Waals surface area contributed by atoms with E-state index < -0.39 is 0 Å². The van der Waals surface area contributed by atoms with Crippen LogP contribution in [0.15, 0.2) is 0 Å². The Hall–Kier alpha value is -0.120. The van der Waals surface area contributed by atoms with Crippen molar-refractivity contribution in [3.8, 4) is 0 Å². The first kappa shape index (κ1) is 10.8. The molecule has 3 heteroatoms. The van der Waals surface area contributed by atoms with Gasteiger partial charge in [-0.05, 0) is 43.4 Å².